The fraction of sp³-hybridized carbons (Fsp3) is 0.533. The summed E-state index contributed by atoms with van der Waals surface area (Å²) in [6.45, 7) is 7.35. The van der Waals surface area contributed by atoms with Crippen molar-refractivity contribution in [3.63, 3.8) is 0 Å². The van der Waals surface area contributed by atoms with Gasteiger partial charge in [-0.05, 0) is 19.8 Å². The number of nitrogens with zero attached hydrogens (tertiary/aromatic N) is 3. The lowest BCUT2D eigenvalue weighted by Crippen LogP contribution is -2.13. The molecule has 0 amide bonds. The molecule has 0 radical (unpaired) electrons. The first kappa shape index (κ1) is 15.7. The van der Waals surface area contributed by atoms with Gasteiger partial charge in [0.1, 0.15) is 23.0 Å². The van der Waals surface area contributed by atoms with E-state index in [-0.39, 0.29) is 6.04 Å². The van der Waals surface area contributed by atoms with Crippen molar-refractivity contribution >= 4 is 23.0 Å². The predicted molar refractivity (Wildman–Crippen MR) is 89.0 cm³/mol. The van der Waals surface area contributed by atoms with Crippen LogP contribution in [0.1, 0.15) is 50.2 Å². The summed E-state index contributed by atoms with van der Waals surface area (Å²) < 4.78 is 0. The normalized spacial score (nSPS) is 12.1. The third-order valence-corrected chi connectivity index (χ3v) is 4.12. The van der Waals surface area contributed by atoms with Gasteiger partial charge in [-0.2, -0.15) is 0 Å². The van der Waals surface area contributed by atoms with E-state index in [1.165, 1.54) is 0 Å². The van der Waals surface area contributed by atoms with E-state index >= 15 is 0 Å². The van der Waals surface area contributed by atoms with Crippen molar-refractivity contribution in [3.05, 3.63) is 28.5 Å². The van der Waals surface area contributed by atoms with Crippen molar-refractivity contribution in [2.75, 3.05) is 17.2 Å². The Morgan fingerprint density at radius 3 is 2.62 bits per heavy atom. The monoisotopic (exact) mass is 305 g/mol. The lowest BCUT2D eigenvalue weighted by atomic mass is 10.1. The molecule has 2 aromatic heterocycles. The molecule has 0 saturated carbocycles. The molecule has 0 bridgehead atoms. The molecule has 0 spiro atoms. The lowest BCUT2D eigenvalue weighted by Gasteiger charge is -2.17. The maximum atomic E-state index is 4.43. The number of anilines is 2. The number of aromatic nitrogens is 3. The quantitative estimate of drug-likeness (QED) is 0.775. The van der Waals surface area contributed by atoms with Gasteiger partial charge in [-0.25, -0.2) is 15.0 Å². The van der Waals surface area contributed by atoms with Gasteiger partial charge >= 0.3 is 0 Å². The first-order chi connectivity index (χ1) is 10.3. The molecular weight excluding hydrogens is 282 g/mol. The van der Waals surface area contributed by atoms with Crippen LogP contribution >= 0.6 is 11.3 Å². The topological polar surface area (TPSA) is 62.7 Å². The minimum Gasteiger partial charge on any atom is -0.370 e. The number of hydrogen-bond acceptors (Lipinski definition) is 6. The molecule has 0 aliphatic heterocycles. The van der Waals surface area contributed by atoms with E-state index in [1.807, 2.05) is 11.6 Å². The Morgan fingerprint density at radius 1 is 1.14 bits per heavy atom. The van der Waals surface area contributed by atoms with Crippen LogP contribution in [0.3, 0.4) is 0 Å². The van der Waals surface area contributed by atoms with Gasteiger partial charge < -0.3 is 10.6 Å². The van der Waals surface area contributed by atoms with Crippen molar-refractivity contribution in [1.29, 1.82) is 0 Å². The Balaban J connectivity index is 2.20. The summed E-state index contributed by atoms with van der Waals surface area (Å²) >= 11 is 1.65. The number of rotatable bonds is 8. The van der Waals surface area contributed by atoms with Crippen molar-refractivity contribution in [2.24, 2.45) is 0 Å². The fourth-order valence-electron chi connectivity index (χ4n) is 2.13. The van der Waals surface area contributed by atoms with E-state index in [0.29, 0.717) is 0 Å². The van der Waals surface area contributed by atoms with E-state index in [2.05, 4.69) is 46.4 Å². The highest BCUT2D eigenvalue weighted by Crippen LogP contribution is 2.26. The fourth-order valence-corrected chi connectivity index (χ4v) is 2.78. The Morgan fingerprint density at radius 2 is 1.95 bits per heavy atom. The zero-order valence-electron chi connectivity index (χ0n) is 12.9. The lowest BCUT2D eigenvalue weighted by molar-refractivity contribution is 0.836. The molecule has 1 unspecified atom stereocenters. The Labute approximate surface area is 130 Å². The van der Waals surface area contributed by atoms with Gasteiger partial charge in [0.15, 0.2) is 0 Å². The predicted octanol–water partition coefficient (Wildman–Crippen LogP) is 3.88. The van der Waals surface area contributed by atoms with Crippen LogP contribution < -0.4 is 10.6 Å². The average molecular weight is 305 g/mol. The molecule has 2 rings (SSSR count). The van der Waals surface area contributed by atoms with Crippen LogP contribution in [0.2, 0.25) is 0 Å². The maximum absolute atomic E-state index is 4.43. The van der Waals surface area contributed by atoms with Gasteiger partial charge in [0.05, 0.1) is 6.04 Å². The van der Waals surface area contributed by atoms with Gasteiger partial charge in [-0.1, -0.05) is 20.3 Å². The van der Waals surface area contributed by atoms with Crippen LogP contribution in [0.15, 0.2) is 17.9 Å². The second kappa shape index (κ2) is 7.93. The highest BCUT2D eigenvalue weighted by molar-refractivity contribution is 7.09. The van der Waals surface area contributed by atoms with E-state index < -0.39 is 0 Å². The molecule has 0 fully saturated rings. The van der Waals surface area contributed by atoms with Crippen LogP contribution in [0, 0.1) is 0 Å². The van der Waals surface area contributed by atoms with Crippen molar-refractivity contribution in [2.45, 2.75) is 46.1 Å². The van der Waals surface area contributed by atoms with Gasteiger partial charge in [0, 0.05) is 23.7 Å². The average Bonchev–Trinajstić information content (AvgIpc) is 3.02. The molecule has 1 atom stereocenters. The first-order valence-corrected chi connectivity index (χ1v) is 8.37. The zero-order valence-corrected chi connectivity index (χ0v) is 13.7. The van der Waals surface area contributed by atoms with Crippen LogP contribution in [0.25, 0.3) is 0 Å². The summed E-state index contributed by atoms with van der Waals surface area (Å²) in [7, 11) is 0. The molecule has 0 aliphatic carbocycles. The standard InChI is InChI=1S/C15H23N5S/c1-4-6-12-13(16-7-5-2)18-10-19-14(12)20-11(3)15-17-8-9-21-15/h8-11H,4-7H2,1-3H3,(H2,16,18,19,20). The minimum absolute atomic E-state index is 0.148. The Kier molecular flexibility index (Phi) is 5.92. The summed E-state index contributed by atoms with van der Waals surface area (Å²) in [6, 6.07) is 0.148. The summed E-state index contributed by atoms with van der Waals surface area (Å²) in [4.78, 5) is 13.2. The molecule has 5 nitrogen and oxygen atoms in total. The highest BCUT2D eigenvalue weighted by atomic mass is 32.1. The van der Waals surface area contributed by atoms with E-state index in [0.717, 1.165) is 48.0 Å². The van der Waals surface area contributed by atoms with Crippen molar-refractivity contribution in [3.8, 4) is 0 Å². The van der Waals surface area contributed by atoms with E-state index in [1.54, 1.807) is 17.7 Å². The molecule has 2 N–H and O–H groups in total. The van der Waals surface area contributed by atoms with Gasteiger partial charge in [-0.15, -0.1) is 11.3 Å². The number of thiazole rings is 1. The van der Waals surface area contributed by atoms with Crippen molar-refractivity contribution < 1.29 is 0 Å². The molecule has 6 heteroatoms. The molecule has 21 heavy (non-hydrogen) atoms. The van der Waals surface area contributed by atoms with Crippen LogP contribution in [0.5, 0.6) is 0 Å². The minimum atomic E-state index is 0.148. The summed E-state index contributed by atoms with van der Waals surface area (Å²) in [5, 5.41) is 9.93. The molecule has 0 aliphatic rings. The first-order valence-electron chi connectivity index (χ1n) is 7.49. The molecular formula is C15H23N5S. The third kappa shape index (κ3) is 4.14. The summed E-state index contributed by atoms with van der Waals surface area (Å²) in [6.07, 6.45) is 6.55. The van der Waals surface area contributed by atoms with Gasteiger partial charge in [0.2, 0.25) is 0 Å². The Bertz CT molecular complexity index is 541. The third-order valence-electron chi connectivity index (χ3n) is 3.16. The Hall–Kier alpha value is -1.69. The summed E-state index contributed by atoms with van der Waals surface area (Å²) in [5.74, 6) is 1.86. The highest BCUT2D eigenvalue weighted by Gasteiger charge is 2.14. The molecule has 0 aromatic carbocycles. The second-order valence-corrected chi connectivity index (χ2v) is 5.89. The van der Waals surface area contributed by atoms with Crippen LogP contribution in [-0.2, 0) is 6.42 Å². The van der Waals surface area contributed by atoms with Crippen LogP contribution in [0.4, 0.5) is 11.6 Å². The smallest absolute Gasteiger partial charge is 0.135 e. The molecule has 2 heterocycles. The summed E-state index contributed by atoms with van der Waals surface area (Å²) in [5.41, 5.74) is 1.16. The van der Waals surface area contributed by atoms with Crippen LogP contribution in [-0.4, -0.2) is 21.5 Å². The molecule has 0 saturated heterocycles. The largest absolute Gasteiger partial charge is 0.370 e. The molecule has 2 aromatic rings. The zero-order chi connectivity index (χ0) is 15.1. The van der Waals surface area contributed by atoms with Gasteiger partial charge in [-0.3, -0.25) is 0 Å². The van der Waals surface area contributed by atoms with E-state index in [4.69, 9.17) is 0 Å². The maximum Gasteiger partial charge on any atom is 0.135 e. The van der Waals surface area contributed by atoms with Crippen molar-refractivity contribution in [1.82, 2.24) is 15.0 Å². The number of hydrogen-bond donors (Lipinski definition) is 2. The number of nitrogens with one attached hydrogen (secondary N) is 2. The van der Waals surface area contributed by atoms with E-state index in [9.17, 15) is 0 Å². The molecule has 114 valence electrons. The van der Waals surface area contributed by atoms with Gasteiger partial charge in [0.25, 0.3) is 0 Å². The second-order valence-electron chi connectivity index (χ2n) is 4.96. The SMILES string of the molecule is CCCNc1ncnc(NC(C)c2nccs2)c1CCC.